The maximum atomic E-state index is 6.59. The largest absolute Gasteiger partial charge is 0.374 e. The van der Waals surface area contributed by atoms with Crippen molar-refractivity contribution in [1.82, 2.24) is 9.97 Å². The number of aromatic nitrogens is 2. The summed E-state index contributed by atoms with van der Waals surface area (Å²) in [6, 6.07) is 37.2. The van der Waals surface area contributed by atoms with Crippen molar-refractivity contribution in [2.75, 3.05) is 11.9 Å². The SMILES string of the molecule is Cc1nc(NCc2ccccc2)c2ccc([C@H]3C[C@H](OCc4ccccc4)[C@@H](COCc4ccccc4)O3)cc2n1. The lowest BCUT2D eigenvalue weighted by Crippen LogP contribution is -2.29. The highest BCUT2D eigenvalue weighted by molar-refractivity contribution is 5.89. The molecule has 6 rings (SSSR count). The van der Waals surface area contributed by atoms with Gasteiger partial charge in [-0.15, -0.1) is 0 Å². The normalized spacial score (nSPS) is 18.5. The Labute approximate surface area is 241 Å². The molecule has 5 aromatic rings. The molecule has 1 aliphatic heterocycles. The fraction of sp³-hybridized carbons (Fsp3) is 0.257. The Morgan fingerprint density at radius 2 is 1.44 bits per heavy atom. The molecule has 208 valence electrons. The van der Waals surface area contributed by atoms with E-state index in [0.717, 1.165) is 45.7 Å². The summed E-state index contributed by atoms with van der Waals surface area (Å²) in [7, 11) is 0. The van der Waals surface area contributed by atoms with E-state index in [9.17, 15) is 0 Å². The number of nitrogens with zero attached hydrogens (tertiary/aromatic N) is 2. The van der Waals surface area contributed by atoms with Crippen LogP contribution in [0.15, 0.2) is 109 Å². The lowest BCUT2D eigenvalue weighted by Gasteiger charge is -2.19. The minimum absolute atomic E-state index is 0.0816. The Balaban J connectivity index is 1.18. The average Bonchev–Trinajstić information content (AvgIpc) is 3.43. The predicted octanol–water partition coefficient (Wildman–Crippen LogP) is 7.18. The van der Waals surface area contributed by atoms with Gasteiger partial charge in [-0.2, -0.15) is 0 Å². The number of ether oxygens (including phenoxy) is 3. The van der Waals surface area contributed by atoms with E-state index < -0.39 is 0 Å². The van der Waals surface area contributed by atoms with Gasteiger partial charge in [0, 0.05) is 18.4 Å². The van der Waals surface area contributed by atoms with Crippen LogP contribution < -0.4 is 5.32 Å². The molecule has 0 radical (unpaired) electrons. The summed E-state index contributed by atoms with van der Waals surface area (Å²) in [5.74, 6) is 1.57. The molecule has 41 heavy (non-hydrogen) atoms. The number of aryl methyl sites for hydroxylation is 1. The van der Waals surface area contributed by atoms with Crippen LogP contribution in [0.4, 0.5) is 5.82 Å². The van der Waals surface area contributed by atoms with Crippen LogP contribution in [0.25, 0.3) is 10.9 Å². The van der Waals surface area contributed by atoms with E-state index in [-0.39, 0.29) is 18.3 Å². The van der Waals surface area contributed by atoms with Crippen LogP contribution in [-0.4, -0.2) is 28.8 Å². The van der Waals surface area contributed by atoms with Crippen LogP contribution in [0.2, 0.25) is 0 Å². The molecule has 0 amide bonds. The second kappa shape index (κ2) is 13.0. The third kappa shape index (κ3) is 6.98. The third-order valence-corrected chi connectivity index (χ3v) is 7.41. The number of nitrogens with one attached hydrogen (secondary N) is 1. The zero-order chi connectivity index (χ0) is 27.9. The maximum Gasteiger partial charge on any atom is 0.137 e. The zero-order valence-corrected chi connectivity index (χ0v) is 23.3. The molecule has 6 nitrogen and oxygen atoms in total. The maximum absolute atomic E-state index is 6.59. The Bertz CT molecular complexity index is 1550. The summed E-state index contributed by atoms with van der Waals surface area (Å²) in [5.41, 5.74) is 5.48. The van der Waals surface area contributed by atoms with Gasteiger partial charge in [0.1, 0.15) is 17.7 Å². The Kier molecular flexibility index (Phi) is 8.62. The molecule has 0 unspecified atom stereocenters. The number of benzene rings is 4. The molecule has 0 saturated carbocycles. The number of hydrogen-bond donors (Lipinski definition) is 1. The van der Waals surface area contributed by atoms with E-state index >= 15 is 0 Å². The molecular formula is C35H35N3O3. The van der Waals surface area contributed by atoms with Crippen LogP contribution in [0.1, 0.15) is 40.6 Å². The summed E-state index contributed by atoms with van der Waals surface area (Å²) in [6.07, 6.45) is 0.391. The molecule has 1 saturated heterocycles. The predicted molar refractivity (Wildman–Crippen MR) is 161 cm³/mol. The minimum Gasteiger partial charge on any atom is -0.374 e. The Morgan fingerprint density at radius 3 is 2.15 bits per heavy atom. The van der Waals surface area contributed by atoms with Crippen LogP contribution in [0, 0.1) is 6.92 Å². The topological polar surface area (TPSA) is 65.5 Å². The van der Waals surface area contributed by atoms with Gasteiger partial charge in [0.2, 0.25) is 0 Å². The van der Waals surface area contributed by atoms with Gasteiger partial charge in [0.25, 0.3) is 0 Å². The molecule has 3 atom stereocenters. The monoisotopic (exact) mass is 545 g/mol. The van der Waals surface area contributed by atoms with Gasteiger partial charge < -0.3 is 19.5 Å². The molecule has 2 heterocycles. The van der Waals surface area contributed by atoms with Crippen molar-refractivity contribution in [3.8, 4) is 0 Å². The number of anilines is 1. The lowest BCUT2D eigenvalue weighted by atomic mass is 10.0. The second-order valence-corrected chi connectivity index (χ2v) is 10.5. The fourth-order valence-electron chi connectivity index (χ4n) is 5.28. The molecule has 1 aliphatic rings. The molecule has 0 aliphatic carbocycles. The van der Waals surface area contributed by atoms with E-state index in [1.165, 1.54) is 5.56 Å². The number of fused-ring (bicyclic) bond motifs is 1. The van der Waals surface area contributed by atoms with Crippen molar-refractivity contribution in [2.45, 2.75) is 51.4 Å². The molecule has 1 aromatic heterocycles. The minimum atomic E-state index is -0.168. The molecule has 1 N–H and O–H groups in total. The van der Waals surface area contributed by atoms with E-state index in [2.05, 4.69) is 64.9 Å². The molecule has 0 bridgehead atoms. The standard InChI is InChI=1S/C35H35N3O3/c1-25-37-31-19-29(17-18-30(31)35(38-25)36-21-26-11-5-2-6-12-26)32-20-33(40-23-28-15-9-4-10-16-28)34(41-32)24-39-22-27-13-7-3-8-14-27/h2-19,32-34H,20-24H2,1H3,(H,36,37,38)/t32-,33+,34-/m1/s1. The van der Waals surface area contributed by atoms with Crippen LogP contribution in [0.5, 0.6) is 0 Å². The highest BCUT2D eigenvalue weighted by Gasteiger charge is 2.37. The van der Waals surface area contributed by atoms with Gasteiger partial charge in [0.15, 0.2) is 0 Å². The van der Waals surface area contributed by atoms with Crippen molar-refractivity contribution in [3.63, 3.8) is 0 Å². The first kappa shape index (κ1) is 27.1. The van der Waals surface area contributed by atoms with E-state index in [1.807, 2.05) is 61.5 Å². The summed E-state index contributed by atoms with van der Waals surface area (Å²) in [5, 5.41) is 4.49. The van der Waals surface area contributed by atoms with Crippen LogP contribution in [-0.2, 0) is 34.0 Å². The van der Waals surface area contributed by atoms with Crippen molar-refractivity contribution in [3.05, 3.63) is 137 Å². The number of hydrogen-bond acceptors (Lipinski definition) is 6. The van der Waals surface area contributed by atoms with Gasteiger partial charge in [-0.25, -0.2) is 9.97 Å². The van der Waals surface area contributed by atoms with Crippen molar-refractivity contribution < 1.29 is 14.2 Å². The average molecular weight is 546 g/mol. The first-order valence-corrected chi connectivity index (χ1v) is 14.2. The van der Waals surface area contributed by atoms with Crippen LogP contribution in [0.3, 0.4) is 0 Å². The second-order valence-electron chi connectivity index (χ2n) is 10.5. The lowest BCUT2D eigenvalue weighted by molar-refractivity contribution is -0.0715. The molecule has 6 heteroatoms. The summed E-state index contributed by atoms with van der Waals surface area (Å²) >= 11 is 0. The van der Waals surface area contributed by atoms with E-state index in [4.69, 9.17) is 19.2 Å². The summed E-state index contributed by atoms with van der Waals surface area (Å²) in [6.45, 7) is 4.18. The van der Waals surface area contributed by atoms with Gasteiger partial charge in [-0.05, 0) is 41.3 Å². The molecule has 0 spiro atoms. The van der Waals surface area contributed by atoms with Crippen LogP contribution >= 0.6 is 0 Å². The molecule has 4 aromatic carbocycles. The van der Waals surface area contributed by atoms with Gasteiger partial charge in [0.05, 0.1) is 37.5 Å². The Hall–Kier alpha value is -4.10. The fourth-order valence-corrected chi connectivity index (χ4v) is 5.28. The molecule has 1 fully saturated rings. The Morgan fingerprint density at radius 1 is 0.780 bits per heavy atom. The number of rotatable bonds is 11. The highest BCUT2D eigenvalue weighted by atomic mass is 16.6. The van der Waals surface area contributed by atoms with Gasteiger partial charge in [-0.1, -0.05) is 97.1 Å². The van der Waals surface area contributed by atoms with E-state index in [0.29, 0.717) is 26.4 Å². The first-order valence-electron chi connectivity index (χ1n) is 14.2. The summed E-state index contributed by atoms with van der Waals surface area (Å²) in [4.78, 5) is 9.45. The summed E-state index contributed by atoms with van der Waals surface area (Å²) < 4.78 is 19.1. The smallest absolute Gasteiger partial charge is 0.137 e. The van der Waals surface area contributed by atoms with Crippen molar-refractivity contribution in [2.24, 2.45) is 0 Å². The third-order valence-electron chi connectivity index (χ3n) is 7.41. The van der Waals surface area contributed by atoms with E-state index in [1.54, 1.807) is 0 Å². The zero-order valence-electron chi connectivity index (χ0n) is 23.3. The van der Waals surface area contributed by atoms with Crippen molar-refractivity contribution >= 4 is 16.7 Å². The van der Waals surface area contributed by atoms with Gasteiger partial charge >= 0.3 is 0 Å². The quantitative estimate of drug-likeness (QED) is 0.190. The first-order chi connectivity index (χ1) is 20.2. The van der Waals surface area contributed by atoms with Gasteiger partial charge in [-0.3, -0.25) is 0 Å². The highest BCUT2D eigenvalue weighted by Crippen LogP contribution is 2.37. The van der Waals surface area contributed by atoms with Crippen molar-refractivity contribution in [1.29, 1.82) is 0 Å². The molecular weight excluding hydrogens is 510 g/mol.